The van der Waals surface area contributed by atoms with Crippen molar-refractivity contribution in [1.82, 2.24) is 9.13 Å². The highest BCUT2D eigenvalue weighted by Crippen LogP contribution is 2.36. The zero-order chi connectivity index (χ0) is 30.0. The number of benzene rings is 2. The number of aromatic nitrogens is 2. The second-order valence-electron chi connectivity index (χ2n) is 9.52. The molecular weight excluding hydrogens is 558 g/mol. The maximum atomic E-state index is 14.1. The average molecular weight is 590 g/mol. The monoisotopic (exact) mass is 589 g/mol. The second kappa shape index (κ2) is 12.1. The summed E-state index contributed by atoms with van der Waals surface area (Å²) in [5.41, 5.74) is 2.98. The number of esters is 2. The molecule has 2 aromatic carbocycles. The Kier molecular flexibility index (Phi) is 8.30. The lowest BCUT2D eigenvalue weighted by Gasteiger charge is -2.25. The number of aryl methyl sites for hydroxylation is 1. The van der Waals surface area contributed by atoms with E-state index in [9.17, 15) is 14.4 Å². The van der Waals surface area contributed by atoms with Gasteiger partial charge in [0.2, 0.25) is 0 Å². The van der Waals surface area contributed by atoms with Gasteiger partial charge in [-0.3, -0.25) is 9.36 Å². The molecule has 0 unspecified atom stereocenters. The lowest BCUT2D eigenvalue weighted by Crippen LogP contribution is -2.40. The first-order valence-corrected chi connectivity index (χ1v) is 14.3. The number of carbonyl (C=O) groups excluding carboxylic acids is 2. The fraction of sp³-hybridized carbons (Fsp3) is 0.290. The predicted octanol–water partition coefficient (Wildman–Crippen LogP) is 3.24. The summed E-state index contributed by atoms with van der Waals surface area (Å²) < 4.78 is 25.6. The highest BCUT2D eigenvalue weighted by Gasteiger charge is 2.34. The number of hydrogen-bond donors (Lipinski definition) is 0. The Hall–Kier alpha value is -4.64. The van der Waals surface area contributed by atoms with Crippen LogP contribution < -0.4 is 24.4 Å². The standard InChI is InChI=1S/C31H31N3O7S/c1-6-39-24-14-19(12-13-23(24)41-17-26(35)38-5)28-27(30(37)40-7-2)18(3)32-31-34(28)29(36)25(42-31)15-20-16-33(4)22-11-9-8-10-21(20)22/h8-16,28H,6-7,17H2,1-5H3/b25-15+/t28-/m0/s1. The molecule has 0 N–H and O–H groups in total. The molecule has 10 nitrogen and oxygen atoms in total. The number of rotatable bonds is 9. The van der Waals surface area contributed by atoms with Crippen LogP contribution in [-0.4, -0.2) is 48.0 Å². The minimum absolute atomic E-state index is 0.165. The molecule has 0 radical (unpaired) electrons. The van der Waals surface area contributed by atoms with Gasteiger partial charge in [-0.1, -0.05) is 35.6 Å². The quantitative estimate of drug-likeness (QED) is 0.276. The van der Waals surface area contributed by atoms with E-state index >= 15 is 0 Å². The minimum atomic E-state index is -0.830. The number of fused-ring (bicyclic) bond motifs is 2. The second-order valence-corrected chi connectivity index (χ2v) is 10.5. The van der Waals surface area contributed by atoms with Gasteiger partial charge in [-0.25, -0.2) is 14.6 Å². The molecule has 0 fully saturated rings. The lowest BCUT2D eigenvalue weighted by atomic mass is 9.95. The Balaban J connectivity index is 1.69. The summed E-state index contributed by atoms with van der Waals surface area (Å²) in [6, 6.07) is 12.2. The van der Waals surface area contributed by atoms with Gasteiger partial charge in [0, 0.05) is 29.7 Å². The molecule has 0 amide bonds. The molecule has 4 aromatic rings. The molecule has 11 heteroatoms. The van der Waals surface area contributed by atoms with Crippen LogP contribution in [0.1, 0.15) is 37.9 Å². The van der Waals surface area contributed by atoms with Crippen molar-refractivity contribution in [2.24, 2.45) is 12.0 Å². The van der Waals surface area contributed by atoms with E-state index in [4.69, 9.17) is 14.2 Å². The Bertz CT molecular complexity index is 1900. The summed E-state index contributed by atoms with van der Waals surface area (Å²) in [5, 5.41) is 1.02. The maximum absolute atomic E-state index is 14.1. The summed E-state index contributed by atoms with van der Waals surface area (Å²) in [5.74, 6) is -0.415. The average Bonchev–Trinajstić information content (AvgIpc) is 3.46. The number of allylic oxidation sites excluding steroid dienone is 1. The van der Waals surface area contributed by atoms with Crippen LogP contribution in [0.15, 0.2) is 69.7 Å². The number of ether oxygens (including phenoxy) is 4. The summed E-state index contributed by atoms with van der Waals surface area (Å²) >= 11 is 1.26. The van der Waals surface area contributed by atoms with Crippen molar-refractivity contribution >= 4 is 40.3 Å². The molecule has 0 saturated heterocycles. The first-order valence-electron chi connectivity index (χ1n) is 13.5. The van der Waals surface area contributed by atoms with Crippen molar-refractivity contribution in [3.8, 4) is 11.5 Å². The van der Waals surface area contributed by atoms with Gasteiger partial charge >= 0.3 is 11.9 Å². The Morgan fingerprint density at radius 1 is 1.07 bits per heavy atom. The van der Waals surface area contributed by atoms with Gasteiger partial charge in [-0.2, -0.15) is 0 Å². The van der Waals surface area contributed by atoms with Crippen LogP contribution in [0.25, 0.3) is 17.0 Å². The van der Waals surface area contributed by atoms with E-state index in [0.29, 0.717) is 38.7 Å². The predicted molar refractivity (Wildman–Crippen MR) is 158 cm³/mol. The van der Waals surface area contributed by atoms with Crippen molar-refractivity contribution in [2.75, 3.05) is 26.9 Å². The smallest absolute Gasteiger partial charge is 0.343 e. The third-order valence-corrected chi connectivity index (χ3v) is 7.87. The van der Waals surface area contributed by atoms with Gasteiger partial charge in [-0.05, 0) is 50.6 Å². The zero-order valence-electron chi connectivity index (χ0n) is 24.0. The fourth-order valence-corrected chi connectivity index (χ4v) is 6.05. The largest absolute Gasteiger partial charge is 0.490 e. The number of para-hydroxylation sites is 1. The highest BCUT2D eigenvalue weighted by atomic mass is 32.1. The third kappa shape index (κ3) is 5.35. The van der Waals surface area contributed by atoms with Crippen molar-refractivity contribution < 1.29 is 28.5 Å². The molecule has 0 saturated carbocycles. The van der Waals surface area contributed by atoms with E-state index in [1.807, 2.05) is 55.1 Å². The van der Waals surface area contributed by atoms with Gasteiger partial charge in [0.25, 0.3) is 5.56 Å². The summed E-state index contributed by atoms with van der Waals surface area (Å²) in [6.07, 6.45) is 3.85. The molecule has 5 rings (SSSR count). The Labute approximate surface area is 245 Å². The van der Waals surface area contributed by atoms with Crippen LogP contribution in [0.5, 0.6) is 11.5 Å². The van der Waals surface area contributed by atoms with E-state index < -0.39 is 18.0 Å². The number of methoxy groups -OCH3 is 1. The van der Waals surface area contributed by atoms with E-state index in [-0.39, 0.29) is 24.3 Å². The summed E-state index contributed by atoms with van der Waals surface area (Å²) in [4.78, 5) is 44.1. The number of thiazole rings is 1. The molecule has 218 valence electrons. The molecule has 3 heterocycles. The van der Waals surface area contributed by atoms with Crippen LogP contribution in [-0.2, 0) is 26.1 Å². The molecular formula is C31H31N3O7S. The lowest BCUT2D eigenvalue weighted by molar-refractivity contribution is -0.143. The first-order chi connectivity index (χ1) is 20.3. The van der Waals surface area contributed by atoms with E-state index in [2.05, 4.69) is 9.73 Å². The Morgan fingerprint density at radius 2 is 1.86 bits per heavy atom. The normalized spacial score (nSPS) is 14.9. The number of carbonyl (C=O) groups is 2. The maximum Gasteiger partial charge on any atom is 0.343 e. The SMILES string of the molecule is CCOC(=O)C1=C(C)N=c2s/c(=C/c3cn(C)c4ccccc34)c(=O)n2[C@H]1c1ccc(OCC(=O)OC)c(OCC)c1. The van der Waals surface area contributed by atoms with Crippen molar-refractivity contribution in [1.29, 1.82) is 0 Å². The van der Waals surface area contributed by atoms with Crippen LogP contribution in [0.3, 0.4) is 0 Å². The molecule has 1 aliphatic rings. The minimum Gasteiger partial charge on any atom is -0.490 e. The molecule has 1 aliphatic heterocycles. The highest BCUT2D eigenvalue weighted by molar-refractivity contribution is 7.07. The zero-order valence-corrected chi connectivity index (χ0v) is 24.8. The molecule has 1 atom stereocenters. The van der Waals surface area contributed by atoms with Gasteiger partial charge in [0.05, 0.1) is 42.2 Å². The van der Waals surface area contributed by atoms with Gasteiger partial charge < -0.3 is 23.5 Å². The molecule has 0 aliphatic carbocycles. The number of hydrogen-bond acceptors (Lipinski definition) is 9. The van der Waals surface area contributed by atoms with Crippen LogP contribution in [0.4, 0.5) is 0 Å². The number of nitrogens with zero attached hydrogens (tertiary/aromatic N) is 3. The molecule has 0 bridgehead atoms. The van der Waals surface area contributed by atoms with E-state index in [1.165, 1.54) is 23.0 Å². The summed E-state index contributed by atoms with van der Waals surface area (Å²) in [7, 11) is 3.24. The van der Waals surface area contributed by atoms with Gasteiger partial charge in [-0.15, -0.1) is 0 Å². The van der Waals surface area contributed by atoms with Crippen LogP contribution >= 0.6 is 11.3 Å². The fourth-order valence-electron chi connectivity index (χ4n) is 5.01. The van der Waals surface area contributed by atoms with Crippen molar-refractivity contribution in [2.45, 2.75) is 26.8 Å². The third-order valence-electron chi connectivity index (χ3n) is 6.89. The molecule has 0 spiro atoms. The van der Waals surface area contributed by atoms with E-state index in [1.54, 1.807) is 32.0 Å². The Morgan fingerprint density at radius 3 is 2.60 bits per heavy atom. The van der Waals surface area contributed by atoms with E-state index in [0.717, 1.165) is 16.5 Å². The topological polar surface area (TPSA) is 110 Å². The van der Waals surface area contributed by atoms with Crippen molar-refractivity contribution in [3.05, 3.63) is 90.7 Å². The van der Waals surface area contributed by atoms with Gasteiger partial charge in [0.15, 0.2) is 22.9 Å². The van der Waals surface area contributed by atoms with Crippen LogP contribution in [0, 0.1) is 0 Å². The first kappa shape index (κ1) is 28.9. The van der Waals surface area contributed by atoms with Gasteiger partial charge in [0.1, 0.15) is 0 Å². The van der Waals surface area contributed by atoms with Crippen molar-refractivity contribution in [3.63, 3.8) is 0 Å². The molecule has 42 heavy (non-hydrogen) atoms. The molecule has 2 aromatic heterocycles. The van der Waals surface area contributed by atoms with Crippen LogP contribution in [0.2, 0.25) is 0 Å². The summed E-state index contributed by atoms with van der Waals surface area (Å²) in [6.45, 7) is 5.47.